The van der Waals surface area contributed by atoms with Crippen molar-refractivity contribution in [1.29, 1.82) is 0 Å². The molecule has 0 heterocycles. The molecule has 0 aliphatic heterocycles. The van der Waals surface area contributed by atoms with Gasteiger partial charge in [0.25, 0.3) is 0 Å². The summed E-state index contributed by atoms with van der Waals surface area (Å²) in [5.41, 5.74) is 0. The fourth-order valence-electron chi connectivity index (χ4n) is 2.02. The monoisotopic (exact) mass is 328 g/mol. The van der Waals surface area contributed by atoms with Crippen molar-refractivity contribution < 1.29 is 18.3 Å². The summed E-state index contributed by atoms with van der Waals surface area (Å²) < 4.78 is 29.3. The van der Waals surface area contributed by atoms with Crippen molar-refractivity contribution in [3.63, 3.8) is 0 Å². The Hall–Kier alpha value is -0.990. The lowest BCUT2D eigenvalue weighted by atomic mass is 10.2. The molecule has 1 aromatic rings. The van der Waals surface area contributed by atoms with Gasteiger partial charge in [0, 0.05) is 0 Å². The van der Waals surface area contributed by atoms with E-state index in [2.05, 4.69) is 13.8 Å². The van der Waals surface area contributed by atoms with Crippen LogP contribution in [-0.4, -0.2) is 19.9 Å². The maximum Gasteiger partial charge on any atom is 0.379 e. The predicted molar refractivity (Wildman–Crippen MR) is 91.1 cm³/mol. The van der Waals surface area contributed by atoms with Crippen LogP contribution < -0.4 is 9.26 Å². The Morgan fingerprint density at radius 2 is 1.55 bits per heavy atom. The van der Waals surface area contributed by atoms with Gasteiger partial charge in [-0.3, -0.25) is 4.52 Å². The Kier molecular flexibility index (Phi) is 9.26. The van der Waals surface area contributed by atoms with Gasteiger partial charge in [-0.15, -0.1) is 0 Å². The summed E-state index contributed by atoms with van der Waals surface area (Å²) in [6.07, 6.45) is 6.65. The van der Waals surface area contributed by atoms with Crippen LogP contribution in [0.25, 0.3) is 0 Å². The van der Waals surface area contributed by atoms with E-state index in [9.17, 15) is 4.57 Å². The Balaban J connectivity index is 2.58. The Morgan fingerprint density at radius 1 is 0.909 bits per heavy atom. The molecule has 0 aliphatic carbocycles. The maximum atomic E-state index is 12.9. The smallest absolute Gasteiger partial charge is 0.379 e. The molecule has 0 aliphatic rings. The van der Waals surface area contributed by atoms with E-state index in [-0.39, 0.29) is 0 Å². The molecule has 0 aromatic heterocycles. The van der Waals surface area contributed by atoms with Gasteiger partial charge >= 0.3 is 7.60 Å². The summed E-state index contributed by atoms with van der Waals surface area (Å²) in [4.78, 5) is 0. The Labute approximate surface area is 134 Å². The van der Waals surface area contributed by atoms with Gasteiger partial charge in [-0.05, 0) is 37.1 Å². The predicted octanol–water partition coefficient (Wildman–Crippen LogP) is 5.66. The molecule has 0 amide bonds. The highest BCUT2D eigenvalue weighted by atomic mass is 31.2. The van der Waals surface area contributed by atoms with Gasteiger partial charge in [0.1, 0.15) is 11.5 Å². The minimum atomic E-state index is -3.07. The average Bonchev–Trinajstić information content (AvgIpc) is 2.53. The molecule has 0 bridgehead atoms. The molecule has 0 spiro atoms. The van der Waals surface area contributed by atoms with Crippen molar-refractivity contribution in [1.82, 2.24) is 0 Å². The molecule has 0 fully saturated rings. The van der Waals surface area contributed by atoms with E-state index in [1.165, 1.54) is 12.8 Å². The van der Waals surface area contributed by atoms with E-state index in [0.717, 1.165) is 31.4 Å². The van der Waals surface area contributed by atoms with Crippen LogP contribution in [0.5, 0.6) is 11.5 Å². The van der Waals surface area contributed by atoms with Crippen molar-refractivity contribution in [2.75, 3.05) is 19.9 Å². The van der Waals surface area contributed by atoms with E-state index >= 15 is 0 Å². The normalized spacial score (nSPS) is 13.6. The van der Waals surface area contributed by atoms with Crippen LogP contribution in [0.2, 0.25) is 0 Å². The van der Waals surface area contributed by atoms with Crippen molar-refractivity contribution in [2.45, 2.75) is 52.4 Å². The second kappa shape index (κ2) is 10.7. The molecule has 22 heavy (non-hydrogen) atoms. The highest BCUT2D eigenvalue weighted by Gasteiger charge is 2.25. The SMILES string of the molecule is CCCCCCOP(=O)(CCCC)Oc1ccc(OC)cc1. The van der Waals surface area contributed by atoms with Gasteiger partial charge in [0.2, 0.25) is 0 Å². The topological polar surface area (TPSA) is 44.8 Å². The zero-order chi connectivity index (χ0) is 16.3. The number of unbranched alkanes of at least 4 members (excludes halogenated alkanes) is 4. The van der Waals surface area contributed by atoms with Crippen LogP contribution in [0.15, 0.2) is 24.3 Å². The minimum absolute atomic E-state index is 0.462. The molecule has 0 saturated heterocycles. The lowest BCUT2D eigenvalue weighted by Gasteiger charge is -2.19. The van der Waals surface area contributed by atoms with E-state index in [1.54, 1.807) is 31.4 Å². The van der Waals surface area contributed by atoms with Crippen LogP contribution in [0.4, 0.5) is 0 Å². The van der Waals surface area contributed by atoms with E-state index in [1.807, 2.05) is 0 Å². The number of methoxy groups -OCH3 is 1. The van der Waals surface area contributed by atoms with Crippen LogP contribution in [0.1, 0.15) is 52.4 Å². The summed E-state index contributed by atoms with van der Waals surface area (Å²) in [5, 5.41) is 0. The third-order valence-electron chi connectivity index (χ3n) is 3.38. The number of rotatable bonds is 12. The molecular weight excluding hydrogens is 299 g/mol. The number of benzene rings is 1. The summed E-state index contributed by atoms with van der Waals surface area (Å²) in [6, 6.07) is 7.11. The molecule has 0 radical (unpaired) electrons. The van der Waals surface area contributed by atoms with Crippen LogP contribution in [0, 0.1) is 0 Å². The molecule has 126 valence electrons. The molecule has 1 aromatic carbocycles. The third kappa shape index (κ3) is 7.33. The van der Waals surface area contributed by atoms with Crippen molar-refractivity contribution >= 4 is 7.60 Å². The first-order valence-electron chi connectivity index (χ1n) is 8.20. The lowest BCUT2D eigenvalue weighted by molar-refractivity contribution is 0.257. The molecule has 1 unspecified atom stereocenters. The Bertz CT molecular complexity index is 444. The highest BCUT2D eigenvalue weighted by molar-refractivity contribution is 7.54. The largest absolute Gasteiger partial charge is 0.497 e. The van der Waals surface area contributed by atoms with Gasteiger partial charge < -0.3 is 9.26 Å². The lowest BCUT2D eigenvalue weighted by Crippen LogP contribution is -2.04. The van der Waals surface area contributed by atoms with Crippen molar-refractivity contribution in [3.8, 4) is 11.5 Å². The summed E-state index contributed by atoms with van der Waals surface area (Å²) in [6.45, 7) is 4.73. The zero-order valence-electron chi connectivity index (χ0n) is 14.0. The molecule has 1 atom stereocenters. The third-order valence-corrected chi connectivity index (χ3v) is 5.30. The highest BCUT2D eigenvalue weighted by Crippen LogP contribution is 2.49. The quantitative estimate of drug-likeness (QED) is 0.366. The molecule has 1 rings (SSSR count). The Morgan fingerprint density at radius 3 is 2.14 bits per heavy atom. The fraction of sp³-hybridized carbons (Fsp3) is 0.647. The molecule has 0 saturated carbocycles. The van der Waals surface area contributed by atoms with Crippen molar-refractivity contribution in [3.05, 3.63) is 24.3 Å². The van der Waals surface area contributed by atoms with Crippen LogP contribution in [-0.2, 0) is 9.09 Å². The second-order valence-electron chi connectivity index (χ2n) is 5.35. The molecule has 4 nitrogen and oxygen atoms in total. The summed E-state index contributed by atoms with van der Waals surface area (Å²) >= 11 is 0. The maximum absolute atomic E-state index is 12.9. The summed E-state index contributed by atoms with van der Waals surface area (Å²) in [5.74, 6) is 1.31. The fourth-order valence-corrected chi connectivity index (χ4v) is 3.84. The average molecular weight is 328 g/mol. The zero-order valence-corrected chi connectivity index (χ0v) is 14.9. The molecular formula is C17H29O4P. The number of hydrogen-bond acceptors (Lipinski definition) is 4. The van der Waals surface area contributed by atoms with Gasteiger partial charge in [-0.2, -0.15) is 0 Å². The first-order chi connectivity index (χ1) is 10.6. The first kappa shape index (κ1) is 19.1. The van der Waals surface area contributed by atoms with Gasteiger partial charge in [-0.1, -0.05) is 39.5 Å². The van der Waals surface area contributed by atoms with Gasteiger partial charge in [-0.25, -0.2) is 4.57 Å². The standard InChI is InChI=1S/C17H29O4P/c1-4-6-8-9-14-20-22(18,15-7-5-2)21-17-12-10-16(19-3)11-13-17/h10-13H,4-9,14-15H2,1-3H3. The summed E-state index contributed by atoms with van der Waals surface area (Å²) in [7, 11) is -1.46. The number of hydrogen-bond donors (Lipinski definition) is 0. The van der Waals surface area contributed by atoms with Gasteiger partial charge in [0.05, 0.1) is 19.9 Å². The van der Waals surface area contributed by atoms with Crippen molar-refractivity contribution in [2.24, 2.45) is 0 Å². The van der Waals surface area contributed by atoms with Crippen LogP contribution >= 0.6 is 7.60 Å². The molecule has 5 heteroatoms. The van der Waals surface area contributed by atoms with Crippen LogP contribution in [0.3, 0.4) is 0 Å². The van der Waals surface area contributed by atoms with Gasteiger partial charge in [0.15, 0.2) is 0 Å². The van der Waals surface area contributed by atoms with E-state index in [0.29, 0.717) is 18.5 Å². The first-order valence-corrected chi connectivity index (χ1v) is 9.93. The van der Waals surface area contributed by atoms with E-state index in [4.69, 9.17) is 13.8 Å². The van der Waals surface area contributed by atoms with E-state index < -0.39 is 7.60 Å². The minimum Gasteiger partial charge on any atom is -0.497 e. The second-order valence-corrected chi connectivity index (χ2v) is 7.46. The molecule has 0 N–H and O–H groups in total. The number of ether oxygens (including phenoxy) is 1.